The molecule has 1 aromatic carbocycles. The lowest BCUT2D eigenvalue weighted by atomic mass is 9.80. The minimum absolute atomic E-state index is 0.0734. The van der Waals surface area contributed by atoms with Gasteiger partial charge in [0.15, 0.2) is 0 Å². The van der Waals surface area contributed by atoms with Crippen LogP contribution in [0.15, 0.2) is 52.4 Å². The number of hydrogen-bond acceptors (Lipinski definition) is 5. The van der Waals surface area contributed by atoms with Crippen molar-refractivity contribution < 1.29 is 9.23 Å². The molecular weight excluding hydrogens is 467 g/mol. The summed E-state index contributed by atoms with van der Waals surface area (Å²) in [5.41, 5.74) is 4.03. The van der Waals surface area contributed by atoms with Gasteiger partial charge in [0.05, 0.1) is 16.9 Å². The van der Waals surface area contributed by atoms with Crippen molar-refractivity contribution in [2.75, 3.05) is 18.6 Å². The molecule has 0 radical (unpaired) electrons. The molecular formula is C27H30ClFN4O2. The van der Waals surface area contributed by atoms with Crippen LogP contribution in [0.2, 0.25) is 5.15 Å². The van der Waals surface area contributed by atoms with Gasteiger partial charge in [-0.3, -0.25) is 4.79 Å². The highest BCUT2D eigenvalue weighted by molar-refractivity contribution is 6.29. The third kappa shape index (κ3) is 5.20. The van der Waals surface area contributed by atoms with E-state index in [4.69, 9.17) is 16.4 Å². The Kier molecular flexibility index (Phi) is 6.78. The van der Waals surface area contributed by atoms with Gasteiger partial charge in [0.2, 0.25) is 0 Å². The van der Waals surface area contributed by atoms with Crippen molar-refractivity contribution in [3.05, 3.63) is 69.4 Å². The number of hydrogen-bond donors (Lipinski definition) is 0. The van der Waals surface area contributed by atoms with Gasteiger partial charge in [-0.25, -0.2) is 9.37 Å². The van der Waals surface area contributed by atoms with Gasteiger partial charge in [0.25, 0.3) is 5.56 Å². The van der Waals surface area contributed by atoms with Gasteiger partial charge in [-0.2, -0.15) is 0 Å². The summed E-state index contributed by atoms with van der Waals surface area (Å²) >= 11 is 6.19. The highest BCUT2D eigenvalue weighted by Gasteiger charge is 2.30. The van der Waals surface area contributed by atoms with Gasteiger partial charge in [-0.1, -0.05) is 28.9 Å². The molecule has 184 valence electrons. The SMILES string of the molecule is CN(c1cc(=O)n(C)c2ccc(Cl)nc12)C1CCC(/C(=N\OCC2CC2)c2ccc(F)cc2)CC1. The van der Waals surface area contributed by atoms with Gasteiger partial charge < -0.3 is 14.3 Å². The molecule has 0 atom stereocenters. The predicted molar refractivity (Wildman–Crippen MR) is 138 cm³/mol. The lowest BCUT2D eigenvalue weighted by molar-refractivity contribution is 0.131. The van der Waals surface area contributed by atoms with Crippen molar-refractivity contribution >= 4 is 34.0 Å². The maximum Gasteiger partial charge on any atom is 0.252 e. The summed E-state index contributed by atoms with van der Waals surface area (Å²) in [4.78, 5) is 25.0. The average Bonchev–Trinajstić information content (AvgIpc) is 3.69. The molecule has 0 bridgehead atoms. The monoisotopic (exact) mass is 496 g/mol. The van der Waals surface area contributed by atoms with Crippen LogP contribution in [0.3, 0.4) is 0 Å². The van der Waals surface area contributed by atoms with E-state index in [1.807, 2.05) is 13.1 Å². The summed E-state index contributed by atoms with van der Waals surface area (Å²) in [6.07, 6.45) is 6.12. The van der Waals surface area contributed by atoms with Gasteiger partial charge in [0, 0.05) is 32.1 Å². The van der Waals surface area contributed by atoms with E-state index in [0.717, 1.165) is 53.7 Å². The minimum Gasteiger partial charge on any atom is -0.395 e. The Labute approximate surface area is 209 Å². The number of aryl methyl sites for hydroxylation is 1. The molecule has 0 saturated heterocycles. The first-order chi connectivity index (χ1) is 16.9. The first kappa shape index (κ1) is 23.8. The van der Waals surface area contributed by atoms with Gasteiger partial charge >= 0.3 is 0 Å². The predicted octanol–water partition coefficient (Wildman–Crippen LogP) is 5.55. The molecule has 2 saturated carbocycles. The molecule has 35 heavy (non-hydrogen) atoms. The fourth-order valence-electron chi connectivity index (χ4n) is 4.97. The van der Waals surface area contributed by atoms with E-state index in [1.54, 1.807) is 35.9 Å². The standard InChI is InChI=1S/C27H30ClFN4O2/c1-32(23-15-25(34)33(2)22-13-14-24(28)30-27(22)23)21-11-7-19(8-12-21)26(31-35-16-17-3-4-17)18-5-9-20(29)10-6-18/h5-6,9-10,13-15,17,19,21H,3-4,7-8,11-12,16H2,1-2H3/b31-26-. The summed E-state index contributed by atoms with van der Waals surface area (Å²) < 4.78 is 15.1. The minimum atomic E-state index is -0.257. The van der Waals surface area contributed by atoms with E-state index < -0.39 is 0 Å². The maximum atomic E-state index is 13.5. The lowest BCUT2D eigenvalue weighted by Gasteiger charge is -2.36. The molecule has 0 spiro atoms. The Morgan fingerprint density at radius 1 is 1.14 bits per heavy atom. The van der Waals surface area contributed by atoms with Crippen LogP contribution in [0.4, 0.5) is 10.1 Å². The van der Waals surface area contributed by atoms with Crippen LogP contribution < -0.4 is 10.5 Å². The van der Waals surface area contributed by atoms with Crippen LogP contribution in [0, 0.1) is 17.7 Å². The Bertz CT molecular complexity index is 1300. The van der Waals surface area contributed by atoms with Gasteiger partial charge in [-0.15, -0.1) is 0 Å². The number of benzene rings is 1. The molecule has 8 heteroatoms. The number of nitrogens with zero attached hydrogens (tertiary/aromatic N) is 4. The second-order valence-electron chi connectivity index (χ2n) is 9.77. The van der Waals surface area contributed by atoms with Crippen molar-refractivity contribution in [1.29, 1.82) is 0 Å². The molecule has 0 aliphatic heterocycles. The third-order valence-corrected chi connectivity index (χ3v) is 7.57. The number of aromatic nitrogens is 2. The largest absolute Gasteiger partial charge is 0.395 e. The van der Waals surface area contributed by atoms with Gasteiger partial charge in [-0.05, 0) is 74.3 Å². The zero-order valence-electron chi connectivity index (χ0n) is 20.1. The Morgan fingerprint density at radius 3 is 2.54 bits per heavy atom. The molecule has 2 aliphatic carbocycles. The Hall–Kier alpha value is -2.93. The molecule has 2 aliphatic rings. The summed E-state index contributed by atoms with van der Waals surface area (Å²) in [6.45, 7) is 0.647. The van der Waals surface area contributed by atoms with Gasteiger partial charge in [0.1, 0.15) is 23.1 Å². The molecule has 0 unspecified atom stereocenters. The summed E-state index contributed by atoms with van der Waals surface area (Å²) in [6, 6.07) is 12.0. The molecule has 2 heterocycles. The van der Waals surface area contributed by atoms with E-state index in [-0.39, 0.29) is 23.3 Å². The molecule has 2 fully saturated rings. The van der Waals surface area contributed by atoms with E-state index >= 15 is 0 Å². The van der Waals surface area contributed by atoms with Crippen LogP contribution in [-0.4, -0.2) is 35.0 Å². The average molecular weight is 497 g/mol. The summed E-state index contributed by atoms with van der Waals surface area (Å²) in [7, 11) is 3.77. The molecule has 3 aromatic rings. The van der Waals surface area contributed by atoms with Crippen molar-refractivity contribution in [3.63, 3.8) is 0 Å². The Balaban J connectivity index is 1.35. The molecule has 0 amide bonds. The maximum absolute atomic E-state index is 13.5. The first-order valence-corrected chi connectivity index (χ1v) is 12.6. The van der Waals surface area contributed by atoms with E-state index in [1.165, 1.54) is 25.0 Å². The normalized spacial score (nSPS) is 20.7. The smallest absolute Gasteiger partial charge is 0.252 e. The van der Waals surface area contributed by atoms with Crippen molar-refractivity contribution in [2.45, 2.75) is 44.6 Å². The fraction of sp³-hybridized carbons (Fsp3) is 0.444. The fourth-order valence-corrected chi connectivity index (χ4v) is 5.12. The topological polar surface area (TPSA) is 59.7 Å². The third-order valence-electron chi connectivity index (χ3n) is 7.36. The van der Waals surface area contributed by atoms with E-state index in [9.17, 15) is 9.18 Å². The summed E-state index contributed by atoms with van der Waals surface area (Å²) in [5.74, 6) is 0.595. The highest BCUT2D eigenvalue weighted by Crippen LogP contribution is 2.34. The van der Waals surface area contributed by atoms with Crippen LogP contribution in [0.5, 0.6) is 0 Å². The van der Waals surface area contributed by atoms with Crippen molar-refractivity contribution in [2.24, 2.45) is 24.0 Å². The quantitative estimate of drug-likeness (QED) is 0.244. The zero-order valence-corrected chi connectivity index (χ0v) is 20.8. The highest BCUT2D eigenvalue weighted by atomic mass is 35.5. The van der Waals surface area contributed by atoms with Crippen LogP contribution in [-0.2, 0) is 11.9 Å². The Morgan fingerprint density at radius 2 is 1.86 bits per heavy atom. The second kappa shape index (κ2) is 9.97. The number of rotatable bonds is 7. The number of fused-ring (bicyclic) bond motifs is 1. The van der Waals surface area contributed by atoms with Crippen LogP contribution >= 0.6 is 11.6 Å². The number of oxime groups is 1. The lowest BCUT2D eigenvalue weighted by Crippen LogP contribution is -2.37. The zero-order chi connectivity index (χ0) is 24.5. The van der Waals surface area contributed by atoms with E-state index in [2.05, 4.69) is 15.0 Å². The number of anilines is 1. The summed E-state index contributed by atoms with van der Waals surface area (Å²) in [5, 5.41) is 4.94. The van der Waals surface area contributed by atoms with Crippen molar-refractivity contribution in [1.82, 2.24) is 9.55 Å². The van der Waals surface area contributed by atoms with E-state index in [0.29, 0.717) is 17.7 Å². The molecule has 6 nitrogen and oxygen atoms in total. The van der Waals surface area contributed by atoms with Crippen LogP contribution in [0.1, 0.15) is 44.1 Å². The number of pyridine rings is 2. The van der Waals surface area contributed by atoms with Crippen molar-refractivity contribution in [3.8, 4) is 0 Å². The molecule has 5 rings (SSSR count). The second-order valence-corrected chi connectivity index (χ2v) is 10.2. The number of halogens is 2. The molecule has 0 N–H and O–H groups in total. The first-order valence-electron chi connectivity index (χ1n) is 12.3. The molecule has 2 aromatic heterocycles. The van der Waals surface area contributed by atoms with Crippen LogP contribution in [0.25, 0.3) is 11.0 Å².